The Morgan fingerprint density at radius 2 is 2.57 bits per heavy atom. The SMILES string of the molecule is C=CC(=N/C=C(\C)Cl)Oc1cnc[nH]1. The van der Waals surface area contributed by atoms with Gasteiger partial charge in [-0.2, -0.15) is 0 Å². The molecule has 0 saturated carbocycles. The first-order valence-electron chi connectivity index (χ1n) is 3.91. The minimum absolute atomic E-state index is 0.356. The number of nitrogens with zero attached hydrogens (tertiary/aromatic N) is 2. The number of aliphatic imine (C=N–C) groups is 1. The van der Waals surface area contributed by atoms with Crippen molar-refractivity contribution in [2.24, 2.45) is 4.99 Å². The minimum atomic E-state index is 0.356. The van der Waals surface area contributed by atoms with E-state index in [1.807, 2.05) is 0 Å². The summed E-state index contributed by atoms with van der Waals surface area (Å²) in [5, 5.41) is 0.567. The quantitative estimate of drug-likeness (QED) is 0.617. The molecular weight excluding hydrogens is 202 g/mol. The number of aromatic amines is 1. The summed E-state index contributed by atoms with van der Waals surface area (Å²) >= 11 is 5.60. The van der Waals surface area contributed by atoms with Crippen LogP contribution in [0.5, 0.6) is 5.88 Å². The average Bonchev–Trinajstić information content (AvgIpc) is 2.64. The number of rotatable bonds is 3. The fraction of sp³-hybridized carbons (Fsp3) is 0.111. The summed E-state index contributed by atoms with van der Waals surface area (Å²) in [5.74, 6) is 0.860. The van der Waals surface area contributed by atoms with Crippen molar-refractivity contribution < 1.29 is 4.74 Å². The Balaban J connectivity index is 2.69. The number of H-pyrrole nitrogens is 1. The monoisotopic (exact) mass is 211 g/mol. The van der Waals surface area contributed by atoms with E-state index in [0.717, 1.165) is 0 Å². The zero-order chi connectivity index (χ0) is 10.4. The fourth-order valence-electron chi connectivity index (χ4n) is 0.685. The molecule has 0 spiro atoms. The topological polar surface area (TPSA) is 50.3 Å². The van der Waals surface area contributed by atoms with Crippen LogP contribution in [-0.2, 0) is 0 Å². The molecule has 14 heavy (non-hydrogen) atoms. The fourth-order valence-corrected chi connectivity index (χ4v) is 0.734. The van der Waals surface area contributed by atoms with Crippen LogP contribution in [0.3, 0.4) is 0 Å². The third kappa shape index (κ3) is 3.45. The molecule has 1 rings (SSSR count). The summed E-state index contributed by atoms with van der Waals surface area (Å²) in [7, 11) is 0. The van der Waals surface area contributed by atoms with Crippen LogP contribution in [0.4, 0.5) is 0 Å². The molecule has 74 valence electrons. The second-order valence-corrected chi connectivity index (χ2v) is 3.00. The van der Waals surface area contributed by atoms with E-state index in [4.69, 9.17) is 16.3 Å². The summed E-state index contributed by atoms with van der Waals surface area (Å²) < 4.78 is 5.26. The van der Waals surface area contributed by atoms with Crippen LogP contribution in [0.15, 0.2) is 41.4 Å². The second-order valence-electron chi connectivity index (χ2n) is 2.41. The van der Waals surface area contributed by atoms with E-state index >= 15 is 0 Å². The van der Waals surface area contributed by atoms with Crippen LogP contribution in [0.2, 0.25) is 0 Å². The maximum atomic E-state index is 5.60. The first-order valence-corrected chi connectivity index (χ1v) is 4.29. The number of nitrogens with one attached hydrogen (secondary N) is 1. The lowest BCUT2D eigenvalue weighted by molar-refractivity contribution is 0.535. The molecule has 0 saturated heterocycles. The minimum Gasteiger partial charge on any atom is -0.421 e. The van der Waals surface area contributed by atoms with Crippen LogP contribution >= 0.6 is 11.6 Å². The maximum Gasteiger partial charge on any atom is 0.220 e. The van der Waals surface area contributed by atoms with Crippen molar-refractivity contribution in [3.63, 3.8) is 0 Å². The molecule has 0 atom stereocenters. The zero-order valence-corrected chi connectivity index (χ0v) is 8.45. The van der Waals surface area contributed by atoms with Crippen molar-refractivity contribution in [1.29, 1.82) is 0 Å². The Kier molecular flexibility index (Phi) is 3.94. The molecule has 0 aliphatic carbocycles. The Bertz CT molecular complexity index is 350. The standard InChI is InChI=1S/C9H10ClN3O/c1-3-8(12-4-7(2)10)14-9-5-11-6-13-9/h3-6H,1H2,2H3,(H,11,13)/b7-4+,12-8?. The summed E-state index contributed by atoms with van der Waals surface area (Å²) in [6, 6.07) is 0. The van der Waals surface area contributed by atoms with Gasteiger partial charge in [0.15, 0.2) is 0 Å². The van der Waals surface area contributed by atoms with Gasteiger partial charge in [0.2, 0.25) is 11.8 Å². The molecular formula is C9H10ClN3O. The lowest BCUT2D eigenvalue weighted by atomic mass is 10.6. The third-order valence-corrected chi connectivity index (χ3v) is 1.33. The van der Waals surface area contributed by atoms with Gasteiger partial charge in [0.05, 0.1) is 12.5 Å². The van der Waals surface area contributed by atoms with E-state index < -0.39 is 0 Å². The Morgan fingerprint density at radius 3 is 3.07 bits per heavy atom. The molecule has 0 aromatic carbocycles. The van der Waals surface area contributed by atoms with Crippen molar-refractivity contribution in [2.75, 3.05) is 0 Å². The van der Waals surface area contributed by atoms with E-state index in [1.54, 1.807) is 6.92 Å². The highest BCUT2D eigenvalue weighted by Gasteiger charge is 1.97. The average molecular weight is 212 g/mol. The van der Waals surface area contributed by atoms with E-state index in [-0.39, 0.29) is 0 Å². The number of ether oxygens (including phenoxy) is 1. The molecule has 0 fully saturated rings. The highest BCUT2D eigenvalue weighted by Crippen LogP contribution is 2.04. The van der Waals surface area contributed by atoms with Crippen LogP contribution in [0.1, 0.15) is 6.92 Å². The number of aromatic nitrogens is 2. The molecule has 1 aromatic heterocycles. The molecule has 0 radical (unpaired) electrons. The number of halogens is 1. The van der Waals surface area contributed by atoms with Crippen LogP contribution in [-0.4, -0.2) is 15.9 Å². The van der Waals surface area contributed by atoms with Crippen molar-refractivity contribution in [3.05, 3.63) is 36.4 Å². The summed E-state index contributed by atoms with van der Waals surface area (Å²) in [5.41, 5.74) is 0. The molecule has 0 bridgehead atoms. The zero-order valence-electron chi connectivity index (χ0n) is 7.70. The number of hydrogen-bond donors (Lipinski definition) is 1. The molecule has 1 heterocycles. The van der Waals surface area contributed by atoms with Crippen molar-refractivity contribution >= 4 is 17.5 Å². The van der Waals surface area contributed by atoms with Gasteiger partial charge in [0.25, 0.3) is 0 Å². The normalized spacial score (nSPS) is 12.7. The molecule has 0 aliphatic heterocycles. The van der Waals surface area contributed by atoms with E-state index in [0.29, 0.717) is 16.8 Å². The Morgan fingerprint density at radius 1 is 1.79 bits per heavy atom. The highest BCUT2D eigenvalue weighted by molar-refractivity contribution is 6.29. The Hall–Kier alpha value is -1.55. The van der Waals surface area contributed by atoms with Gasteiger partial charge in [-0.1, -0.05) is 18.2 Å². The number of hydrogen-bond acceptors (Lipinski definition) is 3. The largest absolute Gasteiger partial charge is 0.421 e. The molecule has 0 aliphatic rings. The van der Waals surface area contributed by atoms with E-state index in [1.165, 1.54) is 24.8 Å². The van der Waals surface area contributed by atoms with Gasteiger partial charge in [-0.05, 0) is 13.0 Å². The number of allylic oxidation sites excluding steroid dienone is 1. The first kappa shape index (κ1) is 10.5. The maximum absolute atomic E-state index is 5.60. The van der Waals surface area contributed by atoms with Gasteiger partial charge in [0.1, 0.15) is 0 Å². The lowest BCUT2D eigenvalue weighted by Gasteiger charge is -1.99. The van der Waals surface area contributed by atoms with E-state index in [9.17, 15) is 0 Å². The molecule has 4 nitrogen and oxygen atoms in total. The highest BCUT2D eigenvalue weighted by atomic mass is 35.5. The summed E-state index contributed by atoms with van der Waals surface area (Å²) in [6.07, 6.45) is 6.01. The lowest BCUT2D eigenvalue weighted by Crippen LogP contribution is -2.03. The van der Waals surface area contributed by atoms with Crippen molar-refractivity contribution in [2.45, 2.75) is 6.92 Å². The predicted molar refractivity (Wildman–Crippen MR) is 56.5 cm³/mol. The summed E-state index contributed by atoms with van der Waals surface area (Å²) in [6.45, 7) is 5.28. The van der Waals surface area contributed by atoms with Gasteiger partial charge < -0.3 is 9.72 Å². The van der Waals surface area contributed by atoms with Crippen LogP contribution in [0.25, 0.3) is 0 Å². The number of imidazole rings is 1. The summed E-state index contributed by atoms with van der Waals surface area (Å²) in [4.78, 5) is 10.5. The Labute approximate surface area is 87.0 Å². The van der Waals surface area contributed by atoms with Gasteiger partial charge in [-0.3, -0.25) is 0 Å². The smallest absolute Gasteiger partial charge is 0.220 e. The van der Waals surface area contributed by atoms with Gasteiger partial charge >= 0.3 is 0 Å². The third-order valence-electron chi connectivity index (χ3n) is 1.23. The van der Waals surface area contributed by atoms with Crippen LogP contribution in [0, 0.1) is 0 Å². The molecule has 5 heteroatoms. The molecule has 0 unspecified atom stereocenters. The van der Waals surface area contributed by atoms with E-state index in [2.05, 4.69) is 21.5 Å². The molecule has 1 aromatic rings. The second kappa shape index (κ2) is 5.24. The first-order chi connectivity index (χ1) is 6.72. The van der Waals surface area contributed by atoms with Gasteiger partial charge in [-0.15, -0.1) is 0 Å². The predicted octanol–water partition coefficient (Wildman–Crippen LogP) is 2.47. The van der Waals surface area contributed by atoms with Crippen molar-refractivity contribution in [1.82, 2.24) is 9.97 Å². The van der Waals surface area contributed by atoms with Gasteiger partial charge in [-0.25, -0.2) is 9.98 Å². The molecule has 0 amide bonds. The molecule has 1 N–H and O–H groups in total. The van der Waals surface area contributed by atoms with Gasteiger partial charge in [0, 0.05) is 11.2 Å². The van der Waals surface area contributed by atoms with Crippen molar-refractivity contribution in [3.8, 4) is 5.88 Å². The van der Waals surface area contributed by atoms with Crippen LogP contribution < -0.4 is 4.74 Å².